The molecule has 1 amide bonds. The molecule has 1 N–H and O–H groups in total. The first kappa shape index (κ1) is 19.7. The monoisotopic (exact) mass is 492 g/mol. The highest BCUT2D eigenvalue weighted by Gasteiger charge is 2.16. The van der Waals surface area contributed by atoms with Gasteiger partial charge in [0.15, 0.2) is 0 Å². The lowest BCUT2D eigenvalue weighted by atomic mass is 10.2. The number of nitrogens with zero attached hydrogens (tertiary/aromatic N) is 1. The van der Waals surface area contributed by atoms with Crippen LogP contribution in [0.15, 0.2) is 66.7 Å². The van der Waals surface area contributed by atoms with E-state index in [-0.39, 0.29) is 23.7 Å². The van der Waals surface area contributed by atoms with E-state index in [0.717, 1.165) is 5.56 Å². The molecule has 3 aromatic carbocycles. The third-order valence-electron chi connectivity index (χ3n) is 3.82. The Labute approximate surface area is 173 Å². The molecule has 3 rings (SSSR count). The molecule has 8 heteroatoms. The number of hydrogen-bond acceptors (Lipinski definition) is 4. The molecular weight excluding hydrogens is 478 g/mol. The minimum atomic E-state index is -0.545. The molecule has 0 heterocycles. The van der Waals surface area contributed by atoms with Gasteiger partial charge in [0.25, 0.3) is 11.6 Å². The topological polar surface area (TPSA) is 81.5 Å². The first-order chi connectivity index (χ1) is 13.4. The van der Waals surface area contributed by atoms with Crippen LogP contribution in [0.3, 0.4) is 0 Å². The van der Waals surface area contributed by atoms with E-state index in [4.69, 9.17) is 4.74 Å². The van der Waals surface area contributed by atoms with Gasteiger partial charge < -0.3 is 10.1 Å². The normalized spacial score (nSPS) is 10.4. The summed E-state index contributed by atoms with van der Waals surface area (Å²) < 4.78 is 19.2. The largest absolute Gasteiger partial charge is 0.489 e. The second kappa shape index (κ2) is 8.79. The lowest BCUT2D eigenvalue weighted by Crippen LogP contribution is -2.14. The smallest absolute Gasteiger partial charge is 0.270 e. The molecule has 0 bridgehead atoms. The van der Waals surface area contributed by atoms with Crippen molar-refractivity contribution in [2.75, 3.05) is 5.32 Å². The molecule has 0 unspecified atom stereocenters. The second-order valence-electron chi connectivity index (χ2n) is 5.82. The molecule has 0 spiro atoms. The van der Waals surface area contributed by atoms with E-state index >= 15 is 0 Å². The lowest BCUT2D eigenvalue weighted by Gasteiger charge is -2.10. The Bertz CT molecular complexity index is 1020. The Morgan fingerprint density at radius 1 is 1.11 bits per heavy atom. The van der Waals surface area contributed by atoms with Crippen molar-refractivity contribution in [3.8, 4) is 5.75 Å². The number of non-ortho nitro benzene ring substituents is 1. The maximum Gasteiger partial charge on any atom is 0.270 e. The van der Waals surface area contributed by atoms with E-state index < -0.39 is 10.8 Å². The van der Waals surface area contributed by atoms with Gasteiger partial charge in [-0.05, 0) is 58.5 Å². The molecule has 0 atom stereocenters. The molecule has 28 heavy (non-hydrogen) atoms. The number of nitro groups is 1. The first-order valence-electron chi connectivity index (χ1n) is 8.15. The van der Waals surface area contributed by atoms with Crippen molar-refractivity contribution in [3.63, 3.8) is 0 Å². The van der Waals surface area contributed by atoms with Gasteiger partial charge in [0.2, 0.25) is 0 Å². The van der Waals surface area contributed by atoms with E-state index in [0.29, 0.717) is 15.0 Å². The molecule has 6 nitrogen and oxygen atoms in total. The van der Waals surface area contributed by atoms with Crippen molar-refractivity contribution in [1.82, 2.24) is 0 Å². The van der Waals surface area contributed by atoms with E-state index in [9.17, 15) is 19.3 Å². The van der Waals surface area contributed by atoms with Crippen LogP contribution in [0.25, 0.3) is 0 Å². The number of hydrogen-bond donors (Lipinski definition) is 1. The lowest BCUT2D eigenvalue weighted by molar-refractivity contribution is -0.384. The fourth-order valence-electron chi connectivity index (χ4n) is 2.41. The van der Waals surface area contributed by atoms with Crippen LogP contribution < -0.4 is 10.1 Å². The zero-order chi connectivity index (χ0) is 20.1. The minimum absolute atomic E-state index is 0.151. The van der Waals surface area contributed by atoms with Crippen molar-refractivity contribution in [1.29, 1.82) is 0 Å². The third kappa shape index (κ3) is 5.03. The highest BCUT2D eigenvalue weighted by molar-refractivity contribution is 14.1. The summed E-state index contributed by atoms with van der Waals surface area (Å²) in [5.41, 5.74) is 1.36. The van der Waals surface area contributed by atoms with Crippen molar-refractivity contribution in [2.24, 2.45) is 0 Å². The molecule has 0 fully saturated rings. The van der Waals surface area contributed by atoms with Crippen LogP contribution in [0.1, 0.15) is 15.9 Å². The SMILES string of the molecule is O=C(Nc1cccc(OCc2ccc(F)cc2)c1)c1cc([N+](=O)[O-])ccc1I. The summed E-state index contributed by atoms with van der Waals surface area (Å²) in [6.07, 6.45) is 0. The van der Waals surface area contributed by atoms with Crippen molar-refractivity contribution in [3.05, 3.63) is 97.4 Å². The van der Waals surface area contributed by atoms with Gasteiger partial charge in [0, 0.05) is 27.5 Å². The molecule has 142 valence electrons. The molecule has 0 saturated heterocycles. The van der Waals surface area contributed by atoms with Gasteiger partial charge in [-0.25, -0.2) is 4.39 Å². The number of rotatable bonds is 6. The fraction of sp³-hybridized carbons (Fsp3) is 0.0500. The summed E-state index contributed by atoms with van der Waals surface area (Å²) in [4.78, 5) is 22.9. The van der Waals surface area contributed by atoms with Crippen molar-refractivity contribution < 1.29 is 18.8 Å². The number of amides is 1. The number of carbonyl (C=O) groups excluding carboxylic acids is 1. The molecule has 0 radical (unpaired) electrons. The standard InChI is InChI=1S/C20H14FIN2O4/c21-14-6-4-13(5-7-14)12-28-17-3-1-2-15(10-17)23-20(25)18-11-16(24(26)27)8-9-19(18)22/h1-11H,12H2,(H,23,25). The van der Waals surface area contributed by atoms with E-state index in [1.54, 1.807) is 36.4 Å². The van der Waals surface area contributed by atoms with Crippen LogP contribution in [-0.2, 0) is 6.61 Å². The summed E-state index contributed by atoms with van der Waals surface area (Å²) >= 11 is 1.95. The molecule has 0 aromatic heterocycles. The Balaban J connectivity index is 1.70. The van der Waals surface area contributed by atoms with Crippen LogP contribution in [-0.4, -0.2) is 10.8 Å². The average Bonchev–Trinajstić information content (AvgIpc) is 2.68. The van der Waals surface area contributed by atoms with Gasteiger partial charge in [-0.1, -0.05) is 18.2 Å². The number of nitrogens with one attached hydrogen (secondary N) is 1. The summed E-state index contributed by atoms with van der Waals surface area (Å²) in [6.45, 7) is 0.250. The molecule has 0 saturated carbocycles. The Kier molecular flexibility index (Phi) is 6.19. The predicted octanol–water partition coefficient (Wildman–Crippen LogP) is 5.17. The minimum Gasteiger partial charge on any atom is -0.489 e. The van der Waals surface area contributed by atoms with Gasteiger partial charge in [-0.2, -0.15) is 0 Å². The van der Waals surface area contributed by atoms with Crippen LogP contribution in [0, 0.1) is 19.5 Å². The average molecular weight is 492 g/mol. The van der Waals surface area contributed by atoms with Crippen LogP contribution >= 0.6 is 22.6 Å². The highest BCUT2D eigenvalue weighted by Crippen LogP contribution is 2.23. The Morgan fingerprint density at radius 3 is 2.57 bits per heavy atom. The van der Waals surface area contributed by atoms with Crippen molar-refractivity contribution in [2.45, 2.75) is 6.61 Å². The Hall–Kier alpha value is -3.01. The molecular formula is C20H14FIN2O4. The second-order valence-corrected chi connectivity index (χ2v) is 6.98. The molecule has 0 aliphatic carbocycles. The third-order valence-corrected chi connectivity index (χ3v) is 4.76. The first-order valence-corrected chi connectivity index (χ1v) is 9.23. The predicted molar refractivity (Wildman–Crippen MR) is 111 cm³/mol. The maximum atomic E-state index is 12.9. The maximum absolute atomic E-state index is 12.9. The fourth-order valence-corrected chi connectivity index (χ4v) is 2.99. The van der Waals surface area contributed by atoms with Gasteiger partial charge in [0.1, 0.15) is 18.2 Å². The molecule has 0 aliphatic rings. The highest BCUT2D eigenvalue weighted by atomic mass is 127. The van der Waals surface area contributed by atoms with Crippen LogP contribution in [0.5, 0.6) is 5.75 Å². The zero-order valence-corrected chi connectivity index (χ0v) is 16.6. The summed E-state index contributed by atoms with van der Waals surface area (Å²) in [7, 11) is 0. The number of carbonyl (C=O) groups is 1. The van der Waals surface area contributed by atoms with E-state index in [2.05, 4.69) is 5.32 Å². The number of benzene rings is 3. The van der Waals surface area contributed by atoms with Crippen LogP contribution in [0.2, 0.25) is 0 Å². The molecule has 0 aliphatic heterocycles. The van der Waals surface area contributed by atoms with Gasteiger partial charge in [-0.15, -0.1) is 0 Å². The number of halogens is 2. The Morgan fingerprint density at radius 2 is 1.86 bits per heavy atom. The molecule has 3 aromatic rings. The summed E-state index contributed by atoms with van der Waals surface area (Å²) in [5, 5.41) is 13.6. The van der Waals surface area contributed by atoms with Gasteiger partial charge in [0.05, 0.1) is 10.5 Å². The van der Waals surface area contributed by atoms with E-state index in [1.807, 2.05) is 22.6 Å². The zero-order valence-electron chi connectivity index (χ0n) is 14.4. The van der Waals surface area contributed by atoms with Gasteiger partial charge in [-0.3, -0.25) is 14.9 Å². The summed E-state index contributed by atoms with van der Waals surface area (Å²) in [6, 6.07) is 16.9. The van der Waals surface area contributed by atoms with Crippen LogP contribution in [0.4, 0.5) is 15.8 Å². The van der Waals surface area contributed by atoms with Gasteiger partial charge >= 0.3 is 0 Å². The number of nitro benzene ring substituents is 1. The van der Waals surface area contributed by atoms with Crippen molar-refractivity contribution >= 4 is 39.9 Å². The summed E-state index contributed by atoms with van der Waals surface area (Å²) in [5.74, 6) is -0.246. The number of ether oxygens (including phenoxy) is 1. The number of anilines is 1. The quantitative estimate of drug-likeness (QED) is 0.293. The van der Waals surface area contributed by atoms with E-state index in [1.165, 1.54) is 30.3 Å².